The Bertz CT molecular complexity index is 817. The third-order valence-corrected chi connectivity index (χ3v) is 3.75. The Morgan fingerprint density at radius 2 is 2.05 bits per heavy atom. The minimum atomic E-state index is -0.332. The molecular weight excluding hydrogens is 314 g/mol. The van der Waals surface area contributed by atoms with Gasteiger partial charge in [-0.25, -0.2) is 9.37 Å². The van der Waals surface area contributed by atoms with Crippen molar-refractivity contribution in [3.63, 3.8) is 0 Å². The van der Waals surface area contributed by atoms with Crippen LogP contribution in [0.4, 0.5) is 4.39 Å². The molecule has 0 amide bonds. The normalized spacial score (nSPS) is 11.0. The number of hydrogen-bond acceptors (Lipinski definition) is 2. The Balaban J connectivity index is 2.28. The van der Waals surface area contributed by atoms with Gasteiger partial charge in [0.15, 0.2) is 0 Å². The van der Waals surface area contributed by atoms with Crippen molar-refractivity contribution in [2.75, 3.05) is 7.11 Å². The Hall–Kier alpha value is -1.78. The Morgan fingerprint density at radius 3 is 2.76 bits per heavy atom. The Labute approximate surface area is 130 Å². The average molecular weight is 325 g/mol. The van der Waals surface area contributed by atoms with Crippen LogP contribution in [0.1, 0.15) is 5.82 Å². The van der Waals surface area contributed by atoms with Crippen molar-refractivity contribution in [2.24, 2.45) is 0 Å². The summed E-state index contributed by atoms with van der Waals surface area (Å²) >= 11 is 12.0. The molecule has 108 valence electrons. The number of rotatable bonds is 3. The molecule has 0 aliphatic carbocycles. The maximum atomic E-state index is 13.3. The lowest BCUT2D eigenvalue weighted by Crippen LogP contribution is -2.00. The molecule has 0 saturated heterocycles. The maximum absolute atomic E-state index is 13.3. The van der Waals surface area contributed by atoms with Crippen molar-refractivity contribution in [2.45, 2.75) is 5.88 Å². The second-order valence-corrected chi connectivity index (χ2v) is 5.12. The molecule has 0 aliphatic heterocycles. The number of alkyl halides is 1. The molecule has 6 heteroatoms. The first-order valence-electron chi connectivity index (χ1n) is 6.21. The number of ether oxygens (including phenoxy) is 1. The van der Waals surface area contributed by atoms with Crippen molar-refractivity contribution >= 4 is 34.2 Å². The smallest absolute Gasteiger partial charge is 0.139 e. The molecule has 0 N–H and O–H groups in total. The molecule has 0 saturated carbocycles. The average Bonchev–Trinajstić information content (AvgIpc) is 2.85. The van der Waals surface area contributed by atoms with E-state index < -0.39 is 0 Å². The van der Waals surface area contributed by atoms with Crippen LogP contribution in [0.3, 0.4) is 0 Å². The van der Waals surface area contributed by atoms with E-state index in [0.29, 0.717) is 22.1 Å². The monoisotopic (exact) mass is 324 g/mol. The third-order valence-electron chi connectivity index (χ3n) is 3.20. The summed E-state index contributed by atoms with van der Waals surface area (Å²) in [5, 5.41) is 0.518. The predicted molar refractivity (Wildman–Crippen MR) is 82.1 cm³/mol. The van der Waals surface area contributed by atoms with Crippen LogP contribution in [0.25, 0.3) is 16.7 Å². The van der Waals surface area contributed by atoms with E-state index in [1.165, 1.54) is 12.1 Å². The van der Waals surface area contributed by atoms with Crippen LogP contribution >= 0.6 is 23.2 Å². The highest BCUT2D eigenvalue weighted by atomic mass is 35.5. The second-order valence-electron chi connectivity index (χ2n) is 4.45. The summed E-state index contributed by atoms with van der Waals surface area (Å²) in [6.07, 6.45) is 0. The van der Waals surface area contributed by atoms with Crippen molar-refractivity contribution < 1.29 is 9.13 Å². The molecule has 3 nitrogen and oxygen atoms in total. The fraction of sp³-hybridized carbons (Fsp3) is 0.133. The van der Waals surface area contributed by atoms with E-state index in [2.05, 4.69) is 4.98 Å². The number of imidazole rings is 1. The van der Waals surface area contributed by atoms with Gasteiger partial charge in [-0.15, -0.1) is 11.6 Å². The minimum Gasteiger partial charge on any atom is -0.495 e. The number of benzene rings is 2. The predicted octanol–water partition coefficient (Wildman–Crippen LogP) is 4.57. The van der Waals surface area contributed by atoms with Gasteiger partial charge in [0.25, 0.3) is 0 Å². The van der Waals surface area contributed by atoms with Gasteiger partial charge in [0.2, 0.25) is 0 Å². The molecule has 3 rings (SSSR count). The standard InChI is InChI=1S/C15H11Cl2FN2O/c1-21-14-7-10(3-4-11(14)17)20-13-5-2-9(18)6-12(13)19-15(20)8-16/h2-7H,8H2,1H3. The van der Waals surface area contributed by atoms with Gasteiger partial charge < -0.3 is 4.74 Å². The lowest BCUT2D eigenvalue weighted by Gasteiger charge is -2.10. The number of hydrogen-bond donors (Lipinski definition) is 0. The van der Waals surface area contributed by atoms with E-state index in [1.54, 1.807) is 25.3 Å². The van der Waals surface area contributed by atoms with E-state index in [1.807, 2.05) is 10.6 Å². The van der Waals surface area contributed by atoms with E-state index in [-0.39, 0.29) is 11.7 Å². The first-order chi connectivity index (χ1) is 10.1. The van der Waals surface area contributed by atoms with Gasteiger partial charge in [-0.1, -0.05) is 11.6 Å². The van der Waals surface area contributed by atoms with Gasteiger partial charge >= 0.3 is 0 Å². The Morgan fingerprint density at radius 1 is 1.24 bits per heavy atom. The van der Waals surface area contributed by atoms with Gasteiger partial charge in [-0.2, -0.15) is 0 Å². The van der Waals surface area contributed by atoms with Crippen LogP contribution in [0, 0.1) is 5.82 Å². The highest BCUT2D eigenvalue weighted by Crippen LogP contribution is 2.30. The van der Waals surface area contributed by atoms with Crippen LogP contribution < -0.4 is 4.74 Å². The molecule has 3 aromatic rings. The van der Waals surface area contributed by atoms with Crippen LogP contribution in [-0.2, 0) is 5.88 Å². The molecule has 1 heterocycles. The summed E-state index contributed by atoms with van der Waals surface area (Å²) in [5.41, 5.74) is 2.14. The largest absolute Gasteiger partial charge is 0.495 e. The summed E-state index contributed by atoms with van der Waals surface area (Å²) in [7, 11) is 1.55. The van der Waals surface area contributed by atoms with Crippen molar-refractivity contribution in [3.05, 3.63) is 53.1 Å². The van der Waals surface area contributed by atoms with Crippen molar-refractivity contribution in [3.8, 4) is 11.4 Å². The molecule has 1 aromatic heterocycles. The SMILES string of the molecule is COc1cc(-n2c(CCl)nc3cc(F)ccc32)ccc1Cl. The van der Waals surface area contributed by atoms with Gasteiger partial charge in [-0.05, 0) is 24.3 Å². The van der Waals surface area contributed by atoms with Gasteiger partial charge in [0, 0.05) is 12.1 Å². The lowest BCUT2D eigenvalue weighted by atomic mass is 10.2. The van der Waals surface area contributed by atoms with Gasteiger partial charge in [0.05, 0.1) is 34.7 Å². The molecule has 0 fully saturated rings. The maximum Gasteiger partial charge on any atom is 0.139 e. The van der Waals surface area contributed by atoms with Crippen molar-refractivity contribution in [1.29, 1.82) is 0 Å². The number of halogens is 3. The van der Waals surface area contributed by atoms with E-state index in [0.717, 1.165) is 11.2 Å². The number of nitrogens with zero attached hydrogens (tertiary/aromatic N) is 2. The Kier molecular flexibility index (Phi) is 3.74. The zero-order chi connectivity index (χ0) is 15.0. The molecule has 0 unspecified atom stereocenters. The zero-order valence-electron chi connectivity index (χ0n) is 11.1. The molecule has 0 aliphatic rings. The third kappa shape index (κ3) is 2.45. The number of fused-ring (bicyclic) bond motifs is 1. The fourth-order valence-electron chi connectivity index (χ4n) is 2.27. The number of aromatic nitrogens is 2. The summed E-state index contributed by atoms with van der Waals surface area (Å²) in [4.78, 5) is 4.36. The van der Waals surface area contributed by atoms with Crippen molar-refractivity contribution in [1.82, 2.24) is 9.55 Å². The van der Waals surface area contributed by atoms with E-state index >= 15 is 0 Å². The molecule has 2 aromatic carbocycles. The van der Waals surface area contributed by atoms with Crippen LogP contribution in [0.2, 0.25) is 5.02 Å². The molecule has 21 heavy (non-hydrogen) atoms. The summed E-state index contributed by atoms with van der Waals surface area (Å²) in [6.45, 7) is 0. The quantitative estimate of drug-likeness (QED) is 0.660. The zero-order valence-corrected chi connectivity index (χ0v) is 12.6. The van der Waals surface area contributed by atoms with E-state index in [9.17, 15) is 4.39 Å². The molecule has 0 spiro atoms. The van der Waals surface area contributed by atoms with Gasteiger partial charge in [-0.3, -0.25) is 4.57 Å². The summed E-state index contributed by atoms with van der Waals surface area (Å²) < 4.78 is 20.4. The van der Waals surface area contributed by atoms with Crippen LogP contribution in [-0.4, -0.2) is 16.7 Å². The highest BCUT2D eigenvalue weighted by molar-refractivity contribution is 6.32. The van der Waals surface area contributed by atoms with Crippen LogP contribution in [0.15, 0.2) is 36.4 Å². The minimum absolute atomic E-state index is 0.210. The molecule has 0 radical (unpaired) electrons. The van der Waals surface area contributed by atoms with Gasteiger partial charge in [0.1, 0.15) is 17.4 Å². The second kappa shape index (κ2) is 5.54. The lowest BCUT2D eigenvalue weighted by molar-refractivity contribution is 0.415. The highest BCUT2D eigenvalue weighted by Gasteiger charge is 2.13. The molecule has 0 bridgehead atoms. The van der Waals surface area contributed by atoms with E-state index in [4.69, 9.17) is 27.9 Å². The molecule has 0 atom stereocenters. The number of methoxy groups -OCH3 is 1. The fourth-order valence-corrected chi connectivity index (χ4v) is 2.64. The molecular formula is C15H11Cl2FN2O. The summed E-state index contributed by atoms with van der Waals surface area (Å²) in [6, 6.07) is 9.83. The van der Waals surface area contributed by atoms with Crippen LogP contribution in [0.5, 0.6) is 5.75 Å². The summed E-state index contributed by atoms with van der Waals surface area (Å²) in [5.74, 6) is 1.06. The first kappa shape index (κ1) is 14.2. The first-order valence-corrected chi connectivity index (χ1v) is 7.12. The topological polar surface area (TPSA) is 27.1 Å².